The van der Waals surface area contributed by atoms with Gasteiger partial charge in [0.1, 0.15) is 0 Å². The van der Waals surface area contributed by atoms with Crippen LogP contribution in [0, 0.1) is 6.92 Å². The highest BCUT2D eigenvalue weighted by Gasteiger charge is 2.20. The fraction of sp³-hybridized carbons (Fsp3) is 0.0909. The Balaban J connectivity index is 1.71. The first-order chi connectivity index (χ1) is 14.1. The molecule has 0 spiro atoms. The summed E-state index contributed by atoms with van der Waals surface area (Å²) in [6.45, 7) is 2.35. The number of carbonyl (C=O) groups excluding carboxylic acids is 1. The topological polar surface area (TPSA) is 72.7 Å². The van der Waals surface area contributed by atoms with E-state index in [0.717, 1.165) is 16.7 Å². The predicted molar refractivity (Wildman–Crippen MR) is 113 cm³/mol. The third kappa shape index (κ3) is 4.17. The molecule has 1 N–H and O–H groups in total. The standard InChI is InChI=1S/C22H18ClN5O/c1-15-6-2-3-10-19(15)21(29)28-22(25-13-16-7-4-9-18(23)12-16)26-20(27-28)17-8-5-11-24-14-17/h2-12,14H,13H2,1H3,(H,25,26,27). The highest BCUT2D eigenvalue weighted by atomic mass is 35.5. The molecule has 6 nitrogen and oxygen atoms in total. The van der Waals surface area contributed by atoms with E-state index < -0.39 is 0 Å². The predicted octanol–water partition coefficient (Wildman–Crippen LogP) is 4.60. The van der Waals surface area contributed by atoms with Gasteiger partial charge in [0.15, 0.2) is 5.82 Å². The van der Waals surface area contributed by atoms with Crippen molar-refractivity contribution in [3.05, 3.63) is 94.8 Å². The minimum Gasteiger partial charge on any atom is -0.350 e. The lowest BCUT2D eigenvalue weighted by atomic mass is 10.1. The molecule has 29 heavy (non-hydrogen) atoms. The Kier molecular flexibility index (Phi) is 5.35. The lowest BCUT2D eigenvalue weighted by molar-refractivity contribution is 0.0947. The molecule has 0 saturated heterocycles. The number of rotatable bonds is 5. The Labute approximate surface area is 173 Å². The number of carbonyl (C=O) groups is 1. The number of hydrogen-bond acceptors (Lipinski definition) is 5. The van der Waals surface area contributed by atoms with E-state index in [1.165, 1.54) is 4.68 Å². The molecule has 0 aliphatic rings. The summed E-state index contributed by atoms with van der Waals surface area (Å²) in [7, 11) is 0. The van der Waals surface area contributed by atoms with Gasteiger partial charge in [0, 0.05) is 35.1 Å². The lowest BCUT2D eigenvalue weighted by Gasteiger charge is -2.09. The van der Waals surface area contributed by atoms with E-state index in [1.807, 2.05) is 55.5 Å². The van der Waals surface area contributed by atoms with Gasteiger partial charge >= 0.3 is 0 Å². The normalized spacial score (nSPS) is 10.7. The van der Waals surface area contributed by atoms with Crippen LogP contribution in [0.3, 0.4) is 0 Å². The largest absolute Gasteiger partial charge is 0.350 e. The van der Waals surface area contributed by atoms with Crippen molar-refractivity contribution >= 4 is 23.5 Å². The van der Waals surface area contributed by atoms with Crippen LogP contribution in [0.1, 0.15) is 21.5 Å². The molecule has 0 aliphatic heterocycles. The van der Waals surface area contributed by atoms with Crippen LogP contribution in [0.2, 0.25) is 5.02 Å². The number of hydrogen-bond donors (Lipinski definition) is 1. The molecule has 2 aromatic heterocycles. The van der Waals surface area contributed by atoms with Crippen molar-refractivity contribution in [3.63, 3.8) is 0 Å². The molecule has 0 fully saturated rings. The molecule has 144 valence electrons. The van der Waals surface area contributed by atoms with Crippen LogP contribution in [0.5, 0.6) is 0 Å². The number of nitrogens with one attached hydrogen (secondary N) is 1. The maximum Gasteiger partial charge on any atom is 0.281 e. The number of pyridine rings is 1. The molecule has 0 aliphatic carbocycles. The third-order valence-corrected chi connectivity index (χ3v) is 4.67. The summed E-state index contributed by atoms with van der Waals surface area (Å²) >= 11 is 6.07. The van der Waals surface area contributed by atoms with Crippen LogP contribution in [-0.4, -0.2) is 25.7 Å². The average molecular weight is 404 g/mol. The summed E-state index contributed by atoms with van der Waals surface area (Å²) in [4.78, 5) is 21.8. The molecule has 0 amide bonds. The second-order valence-electron chi connectivity index (χ2n) is 6.52. The average Bonchev–Trinajstić information content (AvgIpc) is 3.17. The van der Waals surface area contributed by atoms with Crippen molar-refractivity contribution in [2.75, 3.05) is 5.32 Å². The minimum absolute atomic E-state index is 0.251. The third-order valence-electron chi connectivity index (χ3n) is 4.43. The van der Waals surface area contributed by atoms with Crippen molar-refractivity contribution in [1.29, 1.82) is 0 Å². The van der Waals surface area contributed by atoms with E-state index in [0.29, 0.717) is 28.9 Å². The van der Waals surface area contributed by atoms with E-state index in [4.69, 9.17) is 11.6 Å². The molecular weight excluding hydrogens is 386 g/mol. The van der Waals surface area contributed by atoms with Gasteiger partial charge in [-0.15, -0.1) is 5.10 Å². The van der Waals surface area contributed by atoms with Gasteiger partial charge in [0.2, 0.25) is 5.95 Å². The van der Waals surface area contributed by atoms with Gasteiger partial charge in [-0.05, 0) is 48.4 Å². The smallest absolute Gasteiger partial charge is 0.281 e. The van der Waals surface area contributed by atoms with E-state index in [1.54, 1.807) is 24.5 Å². The molecule has 0 saturated carbocycles. The van der Waals surface area contributed by atoms with Crippen molar-refractivity contribution in [3.8, 4) is 11.4 Å². The van der Waals surface area contributed by atoms with Crippen LogP contribution < -0.4 is 5.32 Å². The summed E-state index contributed by atoms with van der Waals surface area (Å²) in [6, 6.07) is 18.6. The van der Waals surface area contributed by atoms with Gasteiger partial charge in [0.05, 0.1) is 0 Å². The molecule has 0 bridgehead atoms. The summed E-state index contributed by atoms with van der Waals surface area (Å²) in [5.74, 6) is 0.532. The maximum absolute atomic E-state index is 13.2. The van der Waals surface area contributed by atoms with E-state index in [-0.39, 0.29) is 5.91 Å². The number of aryl methyl sites for hydroxylation is 1. The van der Waals surface area contributed by atoms with Gasteiger partial charge in [-0.1, -0.05) is 41.9 Å². The summed E-state index contributed by atoms with van der Waals surface area (Å²) in [5, 5.41) is 8.31. The number of aromatic nitrogens is 4. The lowest BCUT2D eigenvalue weighted by Crippen LogP contribution is -2.18. The monoisotopic (exact) mass is 403 g/mol. The SMILES string of the molecule is Cc1ccccc1C(=O)n1nc(-c2cccnc2)nc1NCc1cccc(Cl)c1. The molecule has 4 rings (SSSR count). The molecular formula is C22H18ClN5O. The number of nitrogens with zero attached hydrogens (tertiary/aromatic N) is 4. The van der Waals surface area contributed by atoms with Gasteiger partial charge in [-0.25, -0.2) is 0 Å². The quantitative estimate of drug-likeness (QED) is 0.527. The summed E-state index contributed by atoms with van der Waals surface area (Å²) in [6.07, 6.45) is 3.34. The van der Waals surface area contributed by atoms with Crippen LogP contribution in [0.15, 0.2) is 73.1 Å². The van der Waals surface area contributed by atoms with Crippen molar-refractivity contribution in [2.24, 2.45) is 0 Å². The Morgan fingerprint density at radius 3 is 2.72 bits per heavy atom. The first kappa shape index (κ1) is 18.8. The summed E-state index contributed by atoms with van der Waals surface area (Å²) < 4.78 is 1.30. The Bertz CT molecular complexity index is 1160. The molecule has 2 aromatic carbocycles. The second kappa shape index (κ2) is 8.24. The van der Waals surface area contributed by atoms with Crippen molar-refractivity contribution in [1.82, 2.24) is 19.7 Å². The van der Waals surface area contributed by atoms with Crippen LogP contribution >= 0.6 is 11.6 Å². The van der Waals surface area contributed by atoms with Crippen molar-refractivity contribution < 1.29 is 4.79 Å². The van der Waals surface area contributed by atoms with Gasteiger partial charge in [-0.3, -0.25) is 9.78 Å². The molecule has 0 radical (unpaired) electrons. The Morgan fingerprint density at radius 1 is 1.10 bits per heavy atom. The van der Waals surface area contributed by atoms with E-state index >= 15 is 0 Å². The molecule has 2 heterocycles. The van der Waals surface area contributed by atoms with Crippen LogP contribution in [0.25, 0.3) is 11.4 Å². The second-order valence-corrected chi connectivity index (χ2v) is 6.95. The molecule has 7 heteroatoms. The van der Waals surface area contributed by atoms with Crippen molar-refractivity contribution in [2.45, 2.75) is 13.5 Å². The maximum atomic E-state index is 13.2. The Morgan fingerprint density at radius 2 is 1.97 bits per heavy atom. The zero-order valence-corrected chi connectivity index (χ0v) is 16.5. The number of halogens is 1. The fourth-order valence-corrected chi connectivity index (χ4v) is 3.15. The first-order valence-corrected chi connectivity index (χ1v) is 9.46. The zero-order valence-electron chi connectivity index (χ0n) is 15.7. The Hall–Kier alpha value is -3.51. The fourth-order valence-electron chi connectivity index (χ4n) is 2.94. The van der Waals surface area contributed by atoms with Gasteiger partial charge in [-0.2, -0.15) is 9.67 Å². The minimum atomic E-state index is -0.251. The summed E-state index contributed by atoms with van der Waals surface area (Å²) in [5.41, 5.74) is 3.14. The van der Waals surface area contributed by atoms with Gasteiger partial charge < -0.3 is 5.32 Å². The highest BCUT2D eigenvalue weighted by molar-refractivity contribution is 6.30. The molecule has 0 atom stereocenters. The van der Waals surface area contributed by atoms with Gasteiger partial charge in [0.25, 0.3) is 5.91 Å². The zero-order chi connectivity index (χ0) is 20.2. The van der Waals surface area contributed by atoms with Crippen LogP contribution in [0.4, 0.5) is 5.95 Å². The molecule has 0 unspecified atom stereocenters. The first-order valence-electron chi connectivity index (χ1n) is 9.08. The van der Waals surface area contributed by atoms with E-state index in [9.17, 15) is 4.79 Å². The number of benzene rings is 2. The number of anilines is 1. The molecule has 4 aromatic rings. The highest BCUT2D eigenvalue weighted by Crippen LogP contribution is 2.20. The van der Waals surface area contributed by atoms with Crippen LogP contribution in [-0.2, 0) is 6.54 Å². The van der Waals surface area contributed by atoms with E-state index in [2.05, 4.69) is 20.4 Å².